The van der Waals surface area contributed by atoms with E-state index in [1.165, 1.54) is 0 Å². The summed E-state index contributed by atoms with van der Waals surface area (Å²) in [5.74, 6) is 0.369. The monoisotopic (exact) mass is 451 g/mol. The Balaban J connectivity index is 1.19. The van der Waals surface area contributed by atoms with Gasteiger partial charge in [-0.3, -0.25) is 15.6 Å². The normalized spacial score (nSPS) is 14.2. The molecule has 0 spiro atoms. The number of hydrogen-bond acceptors (Lipinski definition) is 5. The molecular weight excluding hydrogens is 421 g/mol. The molecule has 1 saturated heterocycles. The first kappa shape index (κ1) is 22.9. The van der Waals surface area contributed by atoms with E-state index in [0.29, 0.717) is 30.8 Å². The number of nitrogens with one attached hydrogen (secondary N) is 3. The van der Waals surface area contributed by atoms with E-state index in [2.05, 4.69) is 20.7 Å². The third-order valence-electron chi connectivity index (χ3n) is 5.65. The molecule has 1 aliphatic rings. The summed E-state index contributed by atoms with van der Waals surface area (Å²) in [5, 5.41) is 18.0. The largest absolute Gasteiger partial charge is 0.379 e. The molecular formula is C25H30FN5O2. The molecule has 0 bridgehead atoms. The third-order valence-corrected chi connectivity index (χ3v) is 5.65. The average Bonchev–Trinajstić information content (AvgIpc) is 3.29. The van der Waals surface area contributed by atoms with E-state index < -0.39 is 0 Å². The zero-order valence-corrected chi connectivity index (χ0v) is 18.6. The van der Waals surface area contributed by atoms with Crippen molar-refractivity contribution in [3.05, 3.63) is 71.7 Å². The number of ether oxygens (including phenoxy) is 1. The lowest BCUT2D eigenvalue weighted by atomic mass is 10.0. The molecule has 2 aromatic carbocycles. The zero-order chi connectivity index (χ0) is 22.9. The second-order valence-electron chi connectivity index (χ2n) is 8.10. The fourth-order valence-electron chi connectivity index (χ4n) is 3.84. The Kier molecular flexibility index (Phi) is 8.05. The van der Waals surface area contributed by atoms with Crippen LogP contribution in [0.2, 0.25) is 0 Å². The van der Waals surface area contributed by atoms with E-state index in [4.69, 9.17) is 14.7 Å². The number of rotatable bonds is 9. The Morgan fingerprint density at radius 1 is 1.06 bits per heavy atom. The van der Waals surface area contributed by atoms with Crippen molar-refractivity contribution < 1.29 is 13.7 Å². The number of aromatic nitrogens is 1. The van der Waals surface area contributed by atoms with E-state index in [0.717, 1.165) is 56.1 Å². The van der Waals surface area contributed by atoms with Gasteiger partial charge in [0.25, 0.3) is 0 Å². The van der Waals surface area contributed by atoms with Crippen molar-refractivity contribution in [1.82, 2.24) is 15.4 Å². The van der Waals surface area contributed by atoms with Crippen LogP contribution in [-0.2, 0) is 17.6 Å². The molecule has 0 atom stereocenters. The SMILES string of the molecule is N=C(NCCCN1CCOCC1)Nc1cc(CCc2ccc(-c3ccccc3)c(F)c2)no1. The Hall–Kier alpha value is -3.23. The number of anilines is 1. The summed E-state index contributed by atoms with van der Waals surface area (Å²) in [6, 6.07) is 16.6. The molecule has 174 valence electrons. The minimum absolute atomic E-state index is 0.179. The van der Waals surface area contributed by atoms with E-state index in [9.17, 15) is 4.39 Å². The van der Waals surface area contributed by atoms with E-state index in [-0.39, 0.29) is 11.8 Å². The lowest BCUT2D eigenvalue weighted by molar-refractivity contribution is 0.0376. The van der Waals surface area contributed by atoms with Crippen LogP contribution in [0.5, 0.6) is 0 Å². The van der Waals surface area contributed by atoms with Crippen LogP contribution in [0.15, 0.2) is 59.1 Å². The van der Waals surface area contributed by atoms with Crippen molar-refractivity contribution >= 4 is 11.8 Å². The van der Waals surface area contributed by atoms with Crippen molar-refractivity contribution in [3.8, 4) is 11.1 Å². The van der Waals surface area contributed by atoms with Crippen molar-refractivity contribution in [2.45, 2.75) is 19.3 Å². The minimum atomic E-state index is -0.227. The van der Waals surface area contributed by atoms with Gasteiger partial charge in [-0.1, -0.05) is 47.6 Å². The van der Waals surface area contributed by atoms with Gasteiger partial charge in [0.15, 0.2) is 5.96 Å². The third kappa shape index (κ3) is 6.87. The Labute approximate surface area is 193 Å². The predicted molar refractivity (Wildman–Crippen MR) is 127 cm³/mol. The molecule has 8 heteroatoms. The van der Waals surface area contributed by atoms with Crippen molar-refractivity contribution in [2.75, 3.05) is 44.7 Å². The zero-order valence-electron chi connectivity index (χ0n) is 18.6. The molecule has 1 aromatic heterocycles. The topological polar surface area (TPSA) is 86.4 Å². The average molecular weight is 452 g/mol. The highest BCUT2D eigenvalue weighted by molar-refractivity contribution is 5.89. The number of guanidine groups is 1. The fourth-order valence-corrected chi connectivity index (χ4v) is 3.84. The first-order chi connectivity index (χ1) is 16.2. The molecule has 0 saturated carbocycles. The van der Waals surface area contributed by atoms with E-state index in [1.807, 2.05) is 42.5 Å². The molecule has 2 heterocycles. The van der Waals surface area contributed by atoms with Gasteiger partial charge in [0.2, 0.25) is 5.88 Å². The maximum atomic E-state index is 14.6. The number of halogens is 1. The molecule has 1 aliphatic heterocycles. The molecule has 3 N–H and O–H groups in total. The highest BCUT2D eigenvalue weighted by Crippen LogP contribution is 2.24. The van der Waals surface area contributed by atoms with Crippen LogP contribution in [0.3, 0.4) is 0 Å². The molecule has 0 unspecified atom stereocenters. The molecule has 7 nitrogen and oxygen atoms in total. The van der Waals surface area contributed by atoms with Crippen molar-refractivity contribution in [1.29, 1.82) is 5.41 Å². The van der Waals surface area contributed by atoms with Gasteiger partial charge in [-0.25, -0.2) is 4.39 Å². The quantitative estimate of drug-likeness (QED) is 0.260. The van der Waals surface area contributed by atoms with Gasteiger partial charge >= 0.3 is 0 Å². The summed E-state index contributed by atoms with van der Waals surface area (Å²) in [5.41, 5.74) is 3.12. The van der Waals surface area contributed by atoms with Gasteiger partial charge in [0.1, 0.15) is 5.82 Å². The Morgan fingerprint density at radius 2 is 1.88 bits per heavy atom. The number of aryl methyl sites for hydroxylation is 2. The number of hydrogen-bond donors (Lipinski definition) is 3. The standard InChI is InChI=1S/C25H30FN5O2/c26-23-17-19(8-10-22(23)20-5-2-1-3-6-20)7-9-21-18-24(33-30-21)29-25(27)28-11-4-12-31-13-15-32-16-14-31/h1-3,5-6,8,10,17-18H,4,7,9,11-16H2,(H3,27,28,29). The first-order valence-corrected chi connectivity index (χ1v) is 11.4. The molecule has 0 radical (unpaired) electrons. The second kappa shape index (κ2) is 11.6. The maximum Gasteiger partial charge on any atom is 0.231 e. The lowest BCUT2D eigenvalue weighted by Crippen LogP contribution is -2.38. The van der Waals surface area contributed by atoms with Crippen LogP contribution in [-0.4, -0.2) is 55.4 Å². The van der Waals surface area contributed by atoms with Crippen molar-refractivity contribution in [2.24, 2.45) is 0 Å². The van der Waals surface area contributed by atoms with E-state index >= 15 is 0 Å². The summed E-state index contributed by atoms with van der Waals surface area (Å²) in [6.45, 7) is 5.23. The lowest BCUT2D eigenvalue weighted by Gasteiger charge is -2.26. The summed E-state index contributed by atoms with van der Waals surface area (Å²) in [7, 11) is 0. The van der Waals surface area contributed by atoms with Gasteiger partial charge in [0.05, 0.1) is 18.9 Å². The molecule has 3 aromatic rings. The van der Waals surface area contributed by atoms with Crippen LogP contribution < -0.4 is 10.6 Å². The second-order valence-corrected chi connectivity index (χ2v) is 8.10. The smallest absolute Gasteiger partial charge is 0.231 e. The molecule has 0 aliphatic carbocycles. The minimum Gasteiger partial charge on any atom is -0.379 e. The maximum absolute atomic E-state index is 14.6. The van der Waals surface area contributed by atoms with Crippen LogP contribution in [0, 0.1) is 11.2 Å². The highest BCUT2D eigenvalue weighted by Gasteiger charge is 2.11. The molecule has 33 heavy (non-hydrogen) atoms. The Morgan fingerprint density at radius 3 is 2.67 bits per heavy atom. The highest BCUT2D eigenvalue weighted by atomic mass is 19.1. The first-order valence-electron chi connectivity index (χ1n) is 11.4. The van der Waals surface area contributed by atoms with Crippen LogP contribution in [0.1, 0.15) is 17.7 Å². The number of nitrogens with zero attached hydrogens (tertiary/aromatic N) is 2. The van der Waals surface area contributed by atoms with Crippen LogP contribution in [0.25, 0.3) is 11.1 Å². The Bertz CT molecular complexity index is 1030. The van der Waals surface area contributed by atoms with Gasteiger partial charge in [-0.05, 0) is 43.0 Å². The van der Waals surface area contributed by atoms with Gasteiger partial charge in [0, 0.05) is 31.3 Å². The summed E-state index contributed by atoms with van der Waals surface area (Å²) < 4.78 is 25.2. The van der Waals surface area contributed by atoms with Gasteiger partial charge in [-0.15, -0.1) is 0 Å². The van der Waals surface area contributed by atoms with Crippen LogP contribution >= 0.6 is 0 Å². The summed E-state index contributed by atoms with van der Waals surface area (Å²) in [4.78, 5) is 2.37. The number of benzene rings is 2. The summed E-state index contributed by atoms with van der Waals surface area (Å²) >= 11 is 0. The van der Waals surface area contributed by atoms with E-state index in [1.54, 1.807) is 12.1 Å². The van der Waals surface area contributed by atoms with Gasteiger partial charge in [-0.2, -0.15) is 0 Å². The molecule has 0 amide bonds. The molecule has 4 rings (SSSR count). The number of morpholine rings is 1. The van der Waals surface area contributed by atoms with Crippen LogP contribution in [0.4, 0.5) is 10.3 Å². The van der Waals surface area contributed by atoms with Crippen molar-refractivity contribution in [3.63, 3.8) is 0 Å². The predicted octanol–water partition coefficient (Wildman–Crippen LogP) is 3.92. The fraction of sp³-hybridized carbons (Fsp3) is 0.360. The summed E-state index contributed by atoms with van der Waals surface area (Å²) in [6.07, 6.45) is 2.22. The van der Waals surface area contributed by atoms with Gasteiger partial charge < -0.3 is 14.6 Å². The molecule has 1 fully saturated rings.